The fourth-order valence-electron chi connectivity index (χ4n) is 2.48. The maximum Gasteiger partial charge on any atom is 0.162 e. The molecular formula is C16H25NO3S. The molecule has 0 fully saturated rings. The largest absolute Gasteiger partial charge is 0.486 e. The van der Waals surface area contributed by atoms with Crippen LogP contribution in [0, 0.1) is 0 Å². The van der Waals surface area contributed by atoms with Crippen LogP contribution in [-0.4, -0.2) is 35.3 Å². The Morgan fingerprint density at radius 2 is 1.95 bits per heavy atom. The minimum atomic E-state index is -1.06. The van der Waals surface area contributed by atoms with Gasteiger partial charge in [-0.25, -0.2) is 0 Å². The Labute approximate surface area is 129 Å². The molecule has 1 aliphatic rings. The van der Waals surface area contributed by atoms with Crippen LogP contribution in [0.1, 0.15) is 33.6 Å². The van der Waals surface area contributed by atoms with E-state index >= 15 is 0 Å². The Bertz CT molecular complexity index is 492. The lowest BCUT2D eigenvalue weighted by atomic mass is 10.1. The molecule has 4 nitrogen and oxygen atoms in total. The molecule has 3 atom stereocenters. The summed E-state index contributed by atoms with van der Waals surface area (Å²) in [6, 6.07) is 5.86. The van der Waals surface area contributed by atoms with Gasteiger partial charge < -0.3 is 14.8 Å². The van der Waals surface area contributed by atoms with E-state index < -0.39 is 10.8 Å². The Balaban J connectivity index is 2.11. The zero-order valence-electron chi connectivity index (χ0n) is 13.1. The van der Waals surface area contributed by atoms with Gasteiger partial charge in [-0.05, 0) is 38.4 Å². The van der Waals surface area contributed by atoms with Crippen LogP contribution in [0.5, 0.6) is 11.5 Å². The monoisotopic (exact) mass is 311 g/mol. The molecule has 21 heavy (non-hydrogen) atoms. The molecule has 0 aromatic heterocycles. The highest BCUT2D eigenvalue weighted by Gasteiger charge is 2.23. The van der Waals surface area contributed by atoms with E-state index in [1.165, 1.54) is 0 Å². The predicted octanol–water partition coefficient (Wildman–Crippen LogP) is 2.73. The maximum absolute atomic E-state index is 12.8. The number of benzene rings is 1. The molecule has 1 N–H and O–H groups in total. The van der Waals surface area contributed by atoms with E-state index in [9.17, 15) is 4.21 Å². The lowest BCUT2D eigenvalue weighted by Crippen LogP contribution is -2.40. The Hall–Kier alpha value is -1.07. The molecule has 0 amide bonds. The van der Waals surface area contributed by atoms with Crippen LogP contribution >= 0.6 is 0 Å². The van der Waals surface area contributed by atoms with Crippen molar-refractivity contribution in [2.24, 2.45) is 0 Å². The SMILES string of the molecule is CCCNC(CC)C(C)S(=O)c1ccc2c(c1)OCCO2. The van der Waals surface area contributed by atoms with Gasteiger partial charge in [-0.2, -0.15) is 0 Å². The molecule has 0 spiro atoms. The number of fused-ring (bicyclic) bond motifs is 1. The number of hydrogen-bond acceptors (Lipinski definition) is 4. The second kappa shape index (κ2) is 7.80. The van der Waals surface area contributed by atoms with E-state index in [0.717, 1.165) is 30.0 Å². The quantitative estimate of drug-likeness (QED) is 0.841. The summed E-state index contributed by atoms with van der Waals surface area (Å²) in [4.78, 5) is 0.809. The summed E-state index contributed by atoms with van der Waals surface area (Å²) in [6.07, 6.45) is 2.05. The van der Waals surface area contributed by atoms with Crippen LogP contribution in [0.3, 0.4) is 0 Å². The zero-order chi connectivity index (χ0) is 15.2. The van der Waals surface area contributed by atoms with E-state index in [2.05, 4.69) is 19.2 Å². The van der Waals surface area contributed by atoms with Gasteiger partial charge in [-0.15, -0.1) is 0 Å². The molecule has 5 heteroatoms. The number of rotatable bonds is 7. The predicted molar refractivity (Wildman–Crippen MR) is 85.7 cm³/mol. The van der Waals surface area contributed by atoms with E-state index in [1.807, 2.05) is 25.1 Å². The molecule has 0 bridgehead atoms. The first-order chi connectivity index (χ1) is 10.2. The zero-order valence-corrected chi connectivity index (χ0v) is 13.9. The summed E-state index contributed by atoms with van der Waals surface area (Å²) in [5.74, 6) is 1.44. The standard InChI is InChI=1S/C16H25NO3S/c1-4-8-17-14(5-2)12(3)21(18)13-6-7-15-16(11-13)20-10-9-19-15/h6-7,11-12,14,17H,4-5,8-10H2,1-3H3. The van der Waals surface area contributed by atoms with Crippen LogP contribution in [0.25, 0.3) is 0 Å². The molecule has 0 aliphatic carbocycles. The van der Waals surface area contributed by atoms with Gasteiger partial charge in [-0.3, -0.25) is 4.21 Å². The van der Waals surface area contributed by atoms with E-state index in [4.69, 9.17) is 9.47 Å². The molecule has 3 unspecified atom stereocenters. The van der Waals surface area contributed by atoms with Gasteiger partial charge in [0.15, 0.2) is 11.5 Å². The fraction of sp³-hybridized carbons (Fsp3) is 0.625. The highest BCUT2D eigenvalue weighted by atomic mass is 32.2. The first-order valence-electron chi connectivity index (χ1n) is 7.71. The van der Waals surface area contributed by atoms with Gasteiger partial charge in [0.05, 0.1) is 16.0 Å². The third-order valence-corrected chi connectivity index (χ3v) is 5.47. The van der Waals surface area contributed by atoms with Crippen molar-refractivity contribution < 1.29 is 13.7 Å². The van der Waals surface area contributed by atoms with Gasteiger partial charge in [0.1, 0.15) is 13.2 Å². The average Bonchev–Trinajstić information content (AvgIpc) is 2.54. The summed E-state index contributed by atoms with van der Waals surface area (Å²) >= 11 is 0. The first-order valence-corrected chi connectivity index (χ1v) is 8.92. The van der Waals surface area contributed by atoms with E-state index in [-0.39, 0.29) is 11.3 Å². The van der Waals surface area contributed by atoms with Crippen LogP contribution in [-0.2, 0) is 10.8 Å². The summed E-state index contributed by atoms with van der Waals surface area (Å²) in [6.45, 7) is 8.40. The van der Waals surface area contributed by atoms with Crippen molar-refractivity contribution in [3.8, 4) is 11.5 Å². The highest BCUT2D eigenvalue weighted by molar-refractivity contribution is 7.85. The molecular weight excluding hydrogens is 286 g/mol. The Morgan fingerprint density at radius 1 is 1.24 bits per heavy atom. The van der Waals surface area contributed by atoms with Crippen molar-refractivity contribution in [1.82, 2.24) is 5.32 Å². The minimum absolute atomic E-state index is 0.0594. The topological polar surface area (TPSA) is 47.6 Å². The third kappa shape index (κ3) is 3.98. The summed E-state index contributed by atoms with van der Waals surface area (Å²) < 4.78 is 23.8. The molecule has 0 radical (unpaired) electrons. The van der Waals surface area contributed by atoms with Crippen molar-refractivity contribution in [2.75, 3.05) is 19.8 Å². The number of nitrogens with one attached hydrogen (secondary N) is 1. The molecule has 1 aromatic rings. The van der Waals surface area contributed by atoms with Crippen molar-refractivity contribution >= 4 is 10.8 Å². The van der Waals surface area contributed by atoms with Crippen molar-refractivity contribution in [2.45, 2.75) is 49.8 Å². The van der Waals surface area contributed by atoms with Gasteiger partial charge in [0.25, 0.3) is 0 Å². The van der Waals surface area contributed by atoms with Crippen molar-refractivity contribution in [3.63, 3.8) is 0 Å². The molecule has 0 saturated heterocycles. The molecule has 0 saturated carbocycles. The third-order valence-electron chi connectivity index (χ3n) is 3.75. The minimum Gasteiger partial charge on any atom is -0.486 e. The summed E-state index contributed by atoms with van der Waals surface area (Å²) in [5, 5.41) is 3.54. The summed E-state index contributed by atoms with van der Waals surface area (Å²) in [5.41, 5.74) is 0. The molecule has 1 heterocycles. The average molecular weight is 311 g/mol. The molecule has 1 aromatic carbocycles. The Kier molecular flexibility index (Phi) is 6.06. The number of hydrogen-bond donors (Lipinski definition) is 1. The molecule has 2 rings (SSSR count). The second-order valence-corrected chi connectivity index (χ2v) is 7.09. The maximum atomic E-state index is 12.8. The summed E-state index contributed by atoms with van der Waals surface area (Å²) in [7, 11) is -1.06. The first kappa shape index (κ1) is 16.3. The van der Waals surface area contributed by atoms with Crippen LogP contribution in [0.4, 0.5) is 0 Å². The fourth-order valence-corrected chi connectivity index (χ4v) is 3.93. The second-order valence-electron chi connectivity index (χ2n) is 5.28. The smallest absolute Gasteiger partial charge is 0.162 e. The van der Waals surface area contributed by atoms with E-state index in [1.54, 1.807) is 0 Å². The lowest BCUT2D eigenvalue weighted by molar-refractivity contribution is 0.171. The van der Waals surface area contributed by atoms with Gasteiger partial charge >= 0.3 is 0 Å². The van der Waals surface area contributed by atoms with Crippen molar-refractivity contribution in [1.29, 1.82) is 0 Å². The molecule has 1 aliphatic heterocycles. The van der Waals surface area contributed by atoms with Crippen LogP contribution < -0.4 is 14.8 Å². The normalized spacial score (nSPS) is 18.0. The van der Waals surface area contributed by atoms with Gasteiger partial charge in [0.2, 0.25) is 0 Å². The lowest BCUT2D eigenvalue weighted by Gasteiger charge is -2.24. The van der Waals surface area contributed by atoms with Crippen LogP contribution in [0.2, 0.25) is 0 Å². The van der Waals surface area contributed by atoms with Crippen molar-refractivity contribution in [3.05, 3.63) is 18.2 Å². The van der Waals surface area contributed by atoms with E-state index in [0.29, 0.717) is 19.0 Å². The molecule has 118 valence electrons. The Morgan fingerprint density at radius 3 is 2.62 bits per heavy atom. The van der Waals surface area contributed by atoms with Crippen LogP contribution in [0.15, 0.2) is 23.1 Å². The number of ether oxygens (including phenoxy) is 2. The van der Waals surface area contributed by atoms with Gasteiger partial charge in [0, 0.05) is 17.0 Å². The van der Waals surface area contributed by atoms with Gasteiger partial charge in [-0.1, -0.05) is 13.8 Å². The highest BCUT2D eigenvalue weighted by Crippen LogP contribution is 2.32.